The van der Waals surface area contributed by atoms with Crippen molar-refractivity contribution in [2.24, 2.45) is 5.73 Å². The van der Waals surface area contributed by atoms with E-state index in [0.717, 1.165) is 11.7 Å². The number of carbonyl (C=O) groups excluding carboxylic acids is 1. The fourth-order valence-electron chi connectivity index (χ4n) is 2.07. The maximum absolute atomic E-state index is 11.6. The van der Waals surface area contributed by atoms with Gasteiger partial charge in [-0.05, 0) is 12.8 Å². The lowest BCUT2D eigenvalue weighted by molar-refractivity contribution is -0.214. The van der Waals surface area contributed by atoms with Gasteiger partial charge in [0.05, 0.1) is 6.54 Å². The maximum Gasteiger partial charge on any atom is 0.330 e. The fraction of sp³-hybridized carbons (Fsp3) is 0.667. The maximum atomic E-state index is 11.6. The summed E-state index contributed by atoms with van der Waals surface area (Å²) in [5.41, 5.74) is 1.56. The molecule has 2 heterocycles. The molecular formula is C15H26BN3O7. The number of nitrogens with zero attached hydrogens (tertiary/aromatic N) is 1. The largest absolute Gasteiger partial charge is 0.440 e. The van der Waals surface area contributed by atoms with Crippen molar-refractivity contribution in [1.29, 1.82) is 0 Å². The van der Waals surface area contributed by atoms with E-state index in [1.807, 2.05) is 0 Å². The van der Waals surface area contributed by atoms with Gasteiger partial charge < -0.3 is 25.4 Å². The van der Waals surface area contributed by atoms with Crippen LogP contribution in [0.25, 0.3) is 0 Å². The quantitative estimate of drug-likeness (QED) is 0.285. The summed E-state index contributed by atoms with van der Waals surface area (Å²) >= 11 is 0. The van der Waals surface area contributed by atoms with Crippen LogP contribution >= 0.6 is 0 Å². The Hall–Kier alpha value is -1.95. The lowest BCUT2D eigenvalue weighted by Gasteiger charge is -2.30. The van der Waals surface area contributed by atoms with E-state index in [9.17, 15) is 19.5 Å². The average Bonchev–Trinajstić information content (AvgIpc) is 3.07. The molecule has 2 rings (SSSR count). The summed E-state index contributed by atoms with van der Waals surface area (Å²) in [6.07, 6.45) is 1.37. The van der Waals surface area contributed by atoms with Gasteiger partial charge in [-0.15, -0.1) is 0 Å². The first-order chi connectivity index (χ1) is 12.2. The summed E-state index contributed by atoms with van der Waals surface area (Å²) in [5, 5.41) is 16.9. The summed E-state index contributed by atoms with van der Waals surface area (Å²) < 4.78 is 11.2. The molecule has 5 N–H and O–H groups in total. The molecule has 0 amide bonds. The number of aliphatic hydroxyl groups is 2. The van der Waals surface area contributed by atoms with Crippen molar-refractivity contribution < 1.29 is 24.5 Å². The monoisotopic (exact) mass is 371 g/mol. The number of aromatic amines is 1. The van der Waals surface area contributed by atoms with Gasteiger partial charge in [-0.2, -0.15) is 0 Å². The van der Waals surface area contributed by atoms with Crippen LogP contribution in [-0.4, -0.2) is 59.0 Å². The Bertz CT molecular complexity index is 659. The molecule has 1 aliphatic rings. The van der Waals surface area contributed by atoms with E-state index in [1.54, 1.807) is 0 Å². The SMILES string of the molecule is CCC.CO.[B][C@@](O)(OC(=O)CN)C1CCC(n2ccc(=O)[nH]c2=O)O1. The highest BCUT2D eigenvalue weighted by atomic mass is 16.7. The molecule has 1 saturated heterocycles. The van der Waals surface area contributed by atoms with E-state index < -0.39 is 41.8 Å². The van der Waals surface area contributed by atoms with Gasteiger partial charge in [0, 0.05) is 19.4 Å². The number of aromatic nitrogens is 2. The molecule has 11 heteroatoms. The molecule has 1 aliphatic heterocycles. The molecule has 26 heavy (non-hydrogen) atoms. The zero-order valence-corrected chi connectivity index (χ0v) is 15.2. The van der Waals surface area contributed by atoms with Gasteiger partial charge in [0.25, 0.3) is 5.56 Å². The lowest BCUT2D eigenvalue weighted by atomic mass is 9.87. The highest BCUT2D eigenvalue weighted by molar-refractivity contribution is 6.14. The second-order valence-corrected chi connectivity index (χ2v) is 5.31. The molecule has 2 unspecified atom stereocenters. The zero-order chi connectivity index (χ0) is 20.3. The molecular weight excluding hydrogens is 345 g/mol. The van der Waals surface area contributed by atoms with Crippen LogP contribution < -0.4 is 17.0 Å². The number of rotatable bonds is 4. The molecule has 3 atom stereocenters. The van der Waals surface area contributed by atoms with E-state index in [2.05, 4.69) is 23.6 Å². The van der Waals surface area contributed by atoms with Crippen molar-refractivity contribution in [3.63, 3.8) is 0 Å². The van der Waals surface area contributed by atoms with Crippen LogP contribution in [0, 0.1) is 0 Å². The highest BCUT2D eigenvalue weighted by Gasteiger charge is 2.42. The lowest BCUT2D eigenvalue weighted by Crippen LogP contribution is -2.48. The van der Waals surface area contributed by atoms with Gasteiger partial charge in [0.15, 0.2) is 13.5 Å². The van der Waals surface area contributed by atoms with E-state index >= 15 is 0 Å². The van der Waals surface area contributed by atoms with Crippen molar-refractivity contribution >= 4 is 13.8 Å². The van der Waals surface area contributed by atoms with Gasteiger partial charge >= 0.3 is 11.7 Å². The Morgan fingerprint density at radius 3 is 2.54 bits per heavy atom. The standard InChI is InChI=1S/C11H14BN3O6.C3H8.CH4O/c12-11(19,21-9(17)5-13)6-1-2-8(20-6)15-4-3-7(16)14-10(15)18;1-3-2;1-2/h3-4,6,8,19H,1-2,5,13H2,(H,14,16,18);3H2,1-2H3;2H,1H3/t6?,8?,11-;;/m0../s1. The van der Waals surface area contributed by atoms with Gasteiger partial charge in [-0.1, -0.05) is 20.3 Å². The number of ether oxygens (including phenoxy) is 2. The van der Waals surface area contributed by atoms with Gasteiger partial charge in [0.1, 0.15) is 12.3 Å². The number of esters is 1. The van der Waals surface area contributed by atoms with Crippen LogP contribution in [0.5, 0.6) is 0 Å². The van der Waals surface area contributed by atoms with Crippen LogP contribution in [0.2, 0.25) is 0 Å². The average molecular weight is 371 g/mol. The van der Waals surface area contributed by atoms with Crippen molar-refractivity contribution in [2.75, 3.05) is 13.7 Å². The van der Waals surface area contributed by atoms with Crippen LogP contribution in [-0.2, 0) is 14.3 Å². The van der Waals surface area contributed by atoms with E-state index in [0.29, 0.717) is 6.42 Å². The van der Waals surface area contributed by atoms with E-state index in [4.69, 9.17) is 23.4 Å². The third-order valence-electron chi connectivity index (χ3n) is 3.06. The topological polar surface area (TPSA) is 157 Å². The van der Waals surface area contributed by atoms with Gasteiger partial charge in [-0.25, -0.2) is 4.79 Å². The van der Waals surface area contributed by atoms with Crippen LogP contribution in [0.3, 0.4) is 0 Å². The number of aliphatic hydroxyl groups excluding tert-OH is 1. The van der Waals surface area contributed by atoms with Crippen LogP contribution in [0.15, 0.2) is 21.9 Å². The molecule has 2 radical (unpaired) electrons. The number of nitrogens with one attached hydrogen (secondary N) is 1. The van der Waals surface area contributed by atoms with Crippen molar-refractivity contribution in [3.8, 4) is 0 Å². The minimum Gasteiger partial charge on any atom is -0.440 e. The molecule has 146 valence electrons. The Morgan fingerprint density at radius 1 is 1.46 bits per heavy atom. The second-order valence-electron chi connectivity index (χ2n) is 5.31. The van der Waals surface area contributed by atoms with Crippen molar-refractivity contribution in [3.05, 3.63) is 33.1 Å². The Morgan fingerprint density at radius 2 is 2.04 bits per heavy atom. The molecule has 1 aromatic rings. The Kier molecular flexibility index (Phi) is 10.8. The number of carbonyl (C=O) groups is 1. The molecule has 0 bridgehead atoms. The molecule has 1 fully saturated rings. The third-order valence-corrected chi connectivity index (χ3v) is 3.06. The highest BCUT2D eigenvalue weighted by Crippen LogP contribution is 2.32. The Balaban J connectivity index is 0.00000113. The zero-order valence-electron chi connectivity index (χ0n) is 15.2. The first kappa shape index (κ1) is 24.1. The first-order valence-electron chi connectivity index (χ1n) is 8.09. The third kappa shape index (κ3) is 7.12. The van der Waals surface area contributed by atoms with Crippen molar-refractivity contribution in [1.82, 2.24) is 9.55 Å². The molecule has 0 aliphatic carbocycles. The summed E-state index contributed by atoms with van der Waals surface area (Å²) in [5.74, 6) is -0.881. The van der Waals surface area contributed by atoms with Crippen LogP contribution in [0.1, 0.15) is 39.3 Å². The number of H-pyrrole nitrogens is 1. The van der Waals surface area contributed by atoms with E-state index in [1.165, 1.54) is 18.7 Å². The minimum atomic E-state index is -2.34. The van der Waals surface area contributed by atoms with Crippen LogP contribution in [0.4, 0.5) is 0 Å². The first-order valence-corrected chi connectivity index (χ1v) is 8.09. The molecule has 0 saturated carbocycles. The number of hydrogen-bond donors (Lipinski definition) is 4. The molecule has 1 aromatic heterocycles. The predicted molar refractivity (Wildman–Crippen MR) is 94.4 cm³/mol. The summed E-state index contributed by atoms with van der Waals surface area (Å²) in [6, 6.07) is 1.17. The van der Waals surface area contributed by atoms with Gasteiger partial charge in [0.2, 0.25) is 0 Å². The second kappa shape index (κ2) is 11.6. The summed E-state index contributed by atoms with van der Waals surface area (Å²) in [7, 11) is 6.49. The fourth-order valence-corrected chi connectivity index (χ4v) is 2.07. The van der Waals surface area contributed by atoms with Gasteiger partial charge in [-0.3, -0.25) is 19.1 Å². The minimum absolute atomic E-state index is 0.251. The van der Waals surface area contributed by atoms with E-state index in [-0.39, 0.29) is 6.42 Å². The smallest absolute Gasteiger partial charge is 0.330 e. The summed E-state index contributed by atoms with van der Waals surface area (Å²) in [6.45, 7) is 3.81. The normalized spacial score (nSPS) is 20.7. The Labute approximate surface area is 152 Å². The number of nitrogens with two attached hydrogens (primary N) is 1. The summed E-state index contributed by atoms with van der Waals surface area (Å²) in [4.78, 5) is 35.8. The molecule has 0 aromatic carbocycles. The molecule has 0 spiro atoms. The molecule has 10 nitrogen and oxygen atoms in total. The number of hydrogen-bond acceptors (Lipinski definition) is 8. The predicted octanol–water partition coefficient (Wildman–Crippen LogP) is -1.44. The van der Waals surface area contributed by atoms with Crippen molar-refractivity contribution in [2.45, 2.75) is 51.1 Å².